The average Bonchev–Trinajstić information content (AvgIpc) is 2.82. The van der Waals surface area contributed by atoms with E-state index in [4.69, 9.17) is 4.74 Å². The Morgan fingerprint density at radius 3 is 1.58 bits per heavy atom. The van der Waals surface area contributed by atoms with E-state index in [-0.39, 0.29) is 18.2 Å². The van der Waals surface area contributed by atoms with Crippen LogP contribution in [0.5, 0.6) is 0 Å². The number of rotatable bonds is 12. The Kier molecular flexibility index (Phi) is 9.60. The molecule has 3 aromatic carbocycles. The van der Waals surface area contributed by atoms with Gasteiger partial charge in [-0.25, -0.2) is 4.79 Å². The van der Waals surface area contributed by atoms with Gasteiger partial charge in [0.15, 0.2) is 0 Å². The number of carbonyl (C=O) groups is 1. The number of benzene rings is 3. The van der Waals surface area contributed by atoms with Crippen LogP contribution < -0.4 is 0 Å². The van der Waals surface area contributed by atoms with Gasteiger partial charge < -0.3 is 9.64 Å². The van der Waals surface area contributed by atoms with E-state index >= 15 is 0 Å². The molecule has 178 valence electrons. The zero-order chi connectivity index (χ0) is 23.6. The molecule has 0 atom stereocenters. The lowest BCUT2D eigenvalue weighted by molar-refractivity contribution is 0.0514. The second-order valence-electron chi connectivity index (χ2n) is 9.22. The average molecular weight is 448 g/mol. The lowest BCUT2D eigenvalue weighted by Crippen LogP contribution is -2.47. The molecule has 3 rings (SSSR count). The van der Waals surface area contributed by atoms with Crippen LogP contribution in [-0.2, 0) is 11.3 Å². The number of hydrogen-bond acceptors (Lipinski definition) is 2. The summed E-state index contributed by atoms with van der Waals surface area (Å²) in [5.41, 5.74) is 1.10. The molecule has 0 aliphatic carbocycles. The molecular formula is C30H41NO2. The van der Waals surface area contributed by atoms with Crippen molar-refractivity contribution < 1.29 is 9.53 Å². The summed E-state index contributed by atoms with van der Waals surface area (Å²) in [6, 6.07) is 19.5. The molecule has 0 aliphatic heterocycles. The summed E-state index contributed by atoms with van der Waals surface area (Å²) in [5.74, 6) is 0. The van der Waals surface area contributed by atoms with Gasteiger partial charge in [-0.1, -0.05) is 102 Å². The van der Waals surface area contributed by atoms with Crippen LogP contribution in [0.4, 0.5) is 4.79 Å². The fraction of sp³-hybridized carbons (Fsp3) is 0.500. The molecule has 0 saturated carbocycles. The van der Waals surface area contributed by atoms with Crippen molar-refractivity contribution in [3.05, 3.63) is 60.2 Å². The third kappa shape index (κ3) is 6.07. The molecule has 1 amide bonds. The minimum Gasteiger partial charge on any atom is -0.444 e. The molecule has 0 saturated heterocycles. The Labute approximate surface area is 200 Å². The van der Waals surface area contributed by atoms with E-state index in [2.05, 4.69) is 87.2 Å². The summed E-state index contributed by atoms with van der Waals surface area (Å²) >= 11 is 0. The van der Waals surface area contributed by atoms with Crippen molar-refractivity contribution in [2.24, 2.45) is 0 Å². The van der Waals surface area contributed by atoms with Crippen LogP contribution in [0.15, 0.2) is 54.6 Å². The lowest BCUT2D eigenvalue weighted by Gasteiger charge is -2.37. The highest BCUT2D eigenvalue weighted by atomic mass is 16.6. The Morgan fingerprint density at radius 1 is 0.727 bits per heavy atom. The van der Waals surface area contributed by atoms with Gasteiger partial charge in [0.05, 0.1) is 0 Å². The van der Waals surface area contributed by atoms with Crippen LogP contribution in [0.1, 0.15) is 84.6 Å². The van der Waals surface area contributed by atoms with Crippen molar-refractivity contribution in [2.75, 3.05) is 0 Å². The quantitative estimate of drug-likeness (QED) is 0.259. The first-order valence-electron chi connectivity index (χ1n) is 13.0. The molecule has 0 heterocycles. The molecule has 0 unspecified atom stereocenters. The Morgan fingerprint density at radius 2 is 1.15 bits per heavy atom. The molecule has 0 spiro atoms. The fourth-order valence-corrected chi connectivity index (χ4v) is 5.25. The smallest absolute Gasteiger partial charge is 0.410 e. The minimum atomic E-state index is -0.147. The van der Waals surface area contributed by atoms with Gasteiger partial charge in [-0.2, -0.15) is 0 Å². The Hall–Kier alpha value is -2.55. The van der Waals surface area contributed by atoms with E-state index in [0.29, 0.717) is 6.61 Å². The Balaban J connectivity index is 1.94. The van der Waals surface area contributed by atoms with Gasteiger partial charge in [0, 0.05) is 17.6 Å². The molecule has 3 heteroatoms. The van der Waals surface area contributed by atoms with Crippen LogP contribution in [0, 0.1) is 0 Å². The van der Waals surface area contributed by atoms with E-state index in [1.54, 1.807) is 0 Å². The van der Waals surface area contributed by atoms with Gasteiger partial charge in [0.25, 0.3) is 0 Å². The topological polar surface area (TPSA) is 29.5 Å². The summed E-state index contributed by atoms with van der Waals surface area (Å²) in [7, 11) is 0. The number of carbonyl (C=O) groups excluding carboxylic acids is 1. The third-order valence-electron chi connectivity index (χ3n) is 6.71. The van der Waals surface area contributed by atoms with E-state index in [0.717, 1.165) is 67.7 Å². The van der Waals surface area contributed by atoms with Crippen LogP contribution in [0.25, 0.3) is 21.5 Å². The normalized spacial score (nSPS) is 11.6. The predicted molar refractivity (Wildman–Crippen MR) is 141 cm³/mol. The first-order chi connectivity index (χ1) is 16.1. The van der Waals surface area contributed by atoms with Gasteiger partial charge in [0.2, 0.25) is 0 Å². The second-order valence-corrected chi connectivity index (χ2v) is 9.22. The number of ether oxygens (including phenoxy) is 1. The molecule has 3 nitrogen and oxygen atoms in total. The van der Waals surface area contributed by atoms with Gasteiger partial charge >= 0.3 is 6.09 Å². The summed E-state index contributed by atoms with van der Waals surface area (Å²) < 4.78 is 6.14. The maximum atomic E-state index is 13.7. The molecule has 33 heavy (non-hydrogen) atoms. The van der Waals surface area contributed by atoms with Crippen LogP contribution in [0.3, 0.4) is 0 Å². The van der Waals surface area contributed by atoms with Crippen molar-refractivity contribution in [3.63, 3.8) is 0 Å². The van der Waals surface area contributed by atoms with E-state index in [1.165, 1.54) is 10.8 Å². The van der Waals surface area contributed by atoms with Crippen molar-refractivity contribution >= 4 is 27.6 Å². The molecule has 0 fully saturated rings. The zero-order valence-electron chi connectivity index (χ0n) is 21.0. The highest BCUT2D eigenvalue weighted by molar-refractivity contribution is 6.02. The lowest BCUT2D eigenvalue weighted by atomic mass is 9.97. The summed E-state index contributed by atoms with van der Waals surface area (Å²) in [6.07, 6.45) is 8.29. The Bertz CT molecular complexity index is 946. The molecule has 3 aromatic rings. The maximum Gasteiger partial charge on any atom is 0.410 e. The van der Waals surface area contributed by atoms with E-state index in [9.17, 15) is 4.79 Å². The van der Waals surface area contributed by atoms with Crippen molar-refractivity contribution in [1.29, 1.82) is 0 Å². The van der Waals surface area contributed by atoms with Crippen molar-refractivity contribution in [1.82, 2.24) is 4.90 Å². The zero-order valence-corrected chi connectivity index (χ0v) is 21.0. The number of amides is 1. The number of hydrogen-bond donors (Lipinski definition) is 0. The largest absolute Gasteiger partial charge is 0.444 e. The number of fused-ring (bicyclic) bond motifs is 2. The van der Waals surface area contributed by atoms with Gasteiger partial charge in [-0.3, -0.25) is 0 Å². The van der Waals surface area contributed by atoms with Gasteiger partial charge in [-0.05, 0) is 53.3 Å². The number of nitrogens with zero attached hydrogens (tertiary/aromatic N) is 1. The van der Waals surface area contributed by atoms with Crippen molar-refractivity contribution in [2.45, 2.75) is 97.8 Å². The first kappa shape index (κ1) is 25.1. The van der Waals surface area contributed by atoms with Crippen LogP contribution >= 0.6 is 0 Å². The monoisotopic (exact) mass is 447 g/mol. The highest BCUT2D eigenvalue weighted by Crippen LogP contribution is 2.30. The molecule has 0 radical (unpaired) electrons. The first-order valence-corrected chi connectivity index (χ1v) is 13.0. The molecular weight excluding hydrogens is 406 g/mol. The third-order valence-corrected chi connectivity index (χ3v) is 6.71. The van der Waals surface area contributed by atoms with Crippen molar-refractivity contribution in [3.8, 4) is 0 Å². The summed E-state index contributed by atoms with van der Waals surface area (Å²) in [4.78, 5) is 15.8. The van der Waals surface area contributed by atoms with Gasteiger partial charge in [-0.15, -0.1) is 0 Å². The van der Waals surface area contributed by atoms with E-state index in [1.807, 2.05) is 0 Å². The second kappa shape index (κ2) is 12.6. The molecule has 0 aliphatic rings. The summed E-state index contributed by atoms with van der Waals surface area (Å²) in [6.45, 7) is 9.14. The van der Waals surface area contributed by atoms with Crippen LogP contribution in [-0.4, -0.2) is 23.1 Å². The predicted octanol–water partition coefficient (Wildman–Crippen LogP) is 8.87. The SMILES string of the molecule is CCCC(CCC)N(C(=O)OCc1c2ccccc2cc2ccccc12)C(CCC)CCC. The molecule has 0 bridgehead atoms. The minimum absolute atomic E-state index is 0.147. The van der Waals surface area contributed by atoms with E-state index < -0.39 is 0 Å². The highest BCUT2D eigenvalue weighted by Gasteiger charge is 2.30. The summed E-state index contributed by atoms with van der Waals surface area (Å²) in [5, 5.41) is 4.69. The fourth-order valence-electron chi connectivity index (χ4n) is 5.25. The standard InChI is InChI=1S/C30H41NO2/c1-5-13-25(14-6-2)31(26(15-7-3)16-8-4)30(32)33-22-29-27-19-11-9-17-23(27)21-24-18-10-12-20-28(24)29/h9-12,17-21,25-26H,5-8,13-16,22H2,1-4H3. The molecule has 0 aromatic heterocycles. The van der Waals surface area contributed by atoms with Gasteiger partial charge in [0.1, 0.15) is 6.61 Å². The maximum absolute atomic E-state index is 13.7. The van der Waals surface area contributed by atoms with Crippen LogP contribution in [0.2, 0.25) is 0 Å². The molecule has 0 N–H and O–H groups in total.